The third-order valence-electron chi connectivity index (χ3n) is 4.48. The third kappa shape index (κ3) is 3.36. The van der Waals surface area contributed by atoms with Gasteiger partial charge in [0.15, 0.2) is 0 Å². The predicted octanol–water partition coefficient (Wildman–Crippen LogP) is 2.78. The van der Waals surface area contributed by atoms with Crippen LogP contribution < -0.4 is 5.69 Å². The van der Waals surface area contributed by atoms with E-state index in [2.05, 4.69) is 0 Å². The minimum absolute atomic E-state index is 0.0468. The molecule has 5 heteroatoms. The molecule has 0 radical (unpaired) electrons. The first kappa shape index (κ1) is 17.0. The number of imidazole rings is 1. The van der Waals surface area contributed by atoms with E-state index in [-0.39, 0.29) is 24.2 Å². The van der Waals surface area contributed by atoms with E-state index in [1.165, 1.54) is 0 Å². The summed E-state index contributed by atoms with van der Waals surface area (Å²) in [5.74, 6) is -0.0580. The van der Waals surface area contributed by atoms with Crippen LogP contribution in [0.3, 0.4) is 0 Å². The highest BCUT2D eigenvalue weighted by Crippen LogP contribution is 2.14. The van der Waals surface area contributed by atoms with Crippen molar-refractivity contribution in [2.24, 2.45) is 7.05 Å². The number of carbonyl (C=O) groups excluding carboxylic acids is 1. The van der Waals surface area contributed by atoms with Crippen LogP contribution in [0.25, 0.3) is 11.0 Å². The van der Waals surface area contributed by atoms with Crippen molar-refractivity contribution in [2.45, 2.75) is 33.0 Å². The number of rotatable bonds is 5. The highest BCUT2D eigenvalue weighted by molar-refractivity contribution is 5.81. The van der Waals surface area contributed by atoms with Gasteiger partial charge in [0.05, 0.1) is 11.0 Å². The second-order valence-electron chi connectivity index (χ2n) is 6.52. The molecule has 0 spiro atoms. The van der Waals surface area contributed by atoms with Crippen molar-refractivity contribution in [1.29, 1.82) is 0 Å². The summed E-state index contributed by atoms with van der Waals surface area (Å²) in [5, 5.41) is 0. The zero-order valence-corrected chi connectivity index (χ0v) is 14.8. The van der Waals surface area contributed by atoms with Crippen LogP contribution in [0.2, 0.25) is 0 Å². The predicted molar refractivity (Wildman–Crippen MR) is 99.3 cm³/mol. The molecule has 0 unspecified atom stereocenters. The van der Waals surface area contributed by atoms with Crippen molar-refractivity contribution in [3.05, 3.63) is 70.6 Å². The first-order valence-corrected chi connectivity index (χ1v) is 8.46. The number of para-hydroxylation sites is 2. The molecular formula is C20H23N3O2. The van der Waals surface area contributed by atoms with Gasteiger partial charge in [-0.3, -0.25) is 13.9 Å². The molecule has 0 fully saturated rings. The zero-order valence-electron chi connectivity index (χ0n) is 14.8. The number of amides is 1. The van der Waals surface area contributed by atoms with Gasteiger partial charge in [0.2, 0.25) is 5.91 Å². The molecule has 0 saturated carbocycles. The maximum Gasteiger partial charge on any atom is 0.329 e. The van der Waals surface area contributed by atoms with E-state index in [0.717, 1.165) is 16.6 Å². The summed E-state index contributed by atoms with van der Waals surface area (Å²) in [6.45, 7) is 4.57. The van der Waals surface area contributed by atoms with Crippen LogP contribution in [0.1, 0.15) is 19.4 Å². The zero-order chi connectivity index (χ0) is 18.0. The van der Waals surface area contributed by atoms with Crippen molar-refractivity contribution in [3.63, 3.8) is 0 Å². The summed E-state index contributed by atoms with van der Waals surface area (Å²) in [6, 6.07) is 17.5. The van der Waals surface area contributed by atoms with Crippen LogP contribution in [-0.2, 0) is 24.9 Å². The molecule has 130 valence electrons. The molecule has 0 N–H and O–H groups in total. The van der Waals surface area contributed by atoms with Crippen LogP contribution in [-0.4, -0.2) is 26.0 Å². The smallest absolute Gasteiger partial charge is 0.329 e. The van der Waals surface area contributed by atoms with Crippen LogP contribution in [0, 0.1) is 0 Å². The van der Waals surface area contributed by atoms with Gasteiger partial charge < -0.3 is 4.90 Å². The lowest BCUT2D eigenvalue weighted by Gasteiger charge is -2.27. The molecule has 0 aliphatic rings. The number of hydrogen-bond donors (Lipinski definition) is 0. The molecule has 3 rings (SSSR count). The molecule has 0 bridgehead atoms. The van der Waals surface area contributed by atoms with Crippen LogP contribution in [0.5, 0.6) is 0 Å². The van der Waals surface area contributed by atoms with E-state index in [9.17, 15) is 9.59 Å². The Morgan fingerprint density at radius 1 is 1.00 bits per heavy atom. The molecule has 3 aromatic rings. The van der Waals surface area contributed by atoms with Gasteiger partial charge in [-0.25, -0.2) is 4.79 Å². The Morgan fingerprint density at radius 3 is 2.24 bits per heavy atom. The standard InChI is InChI=1S/C20H23N3O2/c1-15(2)22(13-16-9-5-4-6-10-16)19(24)14-23-18-12-8-7-11-17(18)21(3)20(23)25/h4-12,15H,13-14H2,1-3H3. The van der Waals surface area contributed by atoms with E-state index < -0.39 is 0 Å². The maximum atomic E-state index is 12.9. The summed E-state index contributed by atoms with van der Waals surface area (Å²) >= 11 is 0. The molecule has 2 aromatic carbocycles. The van der Waals surface area contributed by atoms with E-state index in [4.69, 9.17) is 0 Å². The van der Waals surface area contributed by atoms with Crippen molar-refractivity contribution < 1.29 is 4.79 Å². The highest BCUT2D eigenvalue weighted by atomic mass is 16.2. The highest BCUT2D eigenvalue weighted by Gasteiger charge is 2.20. The van der Waals surface area contributed by atoms with E-state index >= 15 is 0 Å². The Kier molecular flexibility index (Phi) is 4.74. The second kappa shape index (κ2) is 6.97. The van der Waals surface area contributed by atoms with Crippen molar-refractivity contribution >= 4 is 16.9 Å². The van der Waals surface area contributed by atoms with Crippen LogP contribution in [0.15, 0.2) is 59.4 Å². The molecule has 0 saturated heterocycles. The Labute approximate surface area is 147 Å². The molecule has 25 heavy (non-hydrogen) atoms. The monoisotopic (exact) mass is 337 g/mol. The summed E-state index contributed by atoms with van der Waals surface area (Å²) in [7, 11) is 1.73. The largest absolute Gasteiger partial charge is 0.334 e. The molecule has 5 nitrogen and oxygen atoms in total. The fourth-order valence-electron chi connectivity index (χ4n) is 3.08. The number of aromatic nitrogens is 2. The Balaban J connectivity index is 1.90. The topological polar surface area (TPSA) is 47.2 Å². The van der Waals surface area contributed by atoms with Crippen LogP contribution >= 0.6 is 0 Å². The van der Waals surface area contributed by atoms with Gasteiger partial charge in [-0.2, -0.15) is 0 Å². The number of carbonyl (C=O) groups is 1. The van der Waals surface area contributed by atoms with E-state index in [1.807, 2.05) is 73.3 Å². The molecule has 0 atom stereocenters. The molecule has 0 aliphatic heterocycles. The minimum atomic E-state index is -0.169. The van der Waals surface area contributed by atoms with E-state index in [0.29, 0.717) is 6.54 Å². The number of fused-ring (bicyclic) bond motifs is 1. The minimum Gasteiger partial charge on any atom is -0.334 e. The molecule has 1 heterocycles. The molecule has 1 aromatic heterocycles. The number of aryl methyl sites for hydroxylation is 1. The first-order chi connectivity index (χ1) is 12.0. The fourth-order valence-corrected chi connectivity index (χ4v) is 3.08. The van der Waals surface area contributed by atoms with Gasteiger partial charge >= 0.3 is 5.69 Å². The first-order valence-electron chi connectivity index (χ1n) is 8.46. The summed E-state index contributed by atoms with van der Waals surface area (Å²) in [6.07, 6.45) is 0. The number of nitrogens with zero attached hydrogens (tertiary/aromatic N) is 3. The van der Waals surface area contributed by atoms with Crippen LogP contribution in [0.4, 0.5) is 0 Å². The average Bonchev–Trinajstić information content (AvgIpc) is 2.85. The van der Waals surface area contributed by atoms with Gasteiger partial charge in [-0.05, 0) is 31.5 Å². The van der Waals surface area contributed by atoms with Gasteiger partial charge in [0.1, 0.15) is 6.54 Å². The fraction of sp³-hybridized carbons (Fsp3) is 0.300. The summed E-state index contributed by atoms with van der Waals surface area (Å²) < 4.78 is 3.14. The van der Waals surface area contributed by atoms with Gasteiger partial charge in [0.25, 0.3) is 0 Å². The molecule has 1 amide bonds. The van der Waals surface area contributed by atoms with Crippen molar-refractivity contribution in [1.82, 2.24) is 14.0 Å². The third-order valence-corrected chi connectivity index (χ3v) is 4.48. The maximum absolute atomic E-state index is 12.9. The summed E-state index contributed by atoms with van der Waals surface area (Å²) in [5.41, 5.74) is 2.53. The van der Waals surface area contributed by atoms with E-state index in [1.54, 1.807) is 16.2 Å². The Bertz CT molecular complexity index is 938. The van der Waals surface area contributed by atoms with Gasteiger partial charge in [0, 0.05) is 19.6 Å². The summed E-state index contributed by atoms with van der Waals surface area (Å²) in [4.78, 5) is 27.3. The number of benzene rings is 2. The lowest BCUT2D eigenvalue weighted by molar-refractivity contribution is -0.134. The van der Waals surface area contributed by atoms with Crippen molar-refractivity contribution in [3.8, 4) is 0 Å². The normalized spacial score (nSPS) is 11.2. The molecule has 0 aliphatic carbocycles. The average molecular weight is 337 g/mol. The van der Waals surface area contributed by atoms with Gasteiger partial charge in [-0.15, -0.1) is 0 Å². The van der Waals surface area contributed by atoms with Gasteiger partial charge in [-0.1, -0.05) is 42.5 Å². The Hall–Kier alpha value is -2.82. The quantitative estimate of drug-likeness (QED) is 0.719. The number of hydrogen-bond acceptors (Lipinski definition) is 2. The van der Waals surface area contributed by atoms with Crippen molar-refractivity contribution in [2.75, 3.05) is 0 Å². The second-order valence-corrected chi connectivity index (χ2v) is 6.52. The lowest BCUT2D eigenvalue weighted by Crippen LogP contribution is -2.40. The SMILES string of the molecule is CC(C)N(Cc1ccccc1)C(=O)Cn1c(=O)n(C)c2ccccc21. The molecular weight excluding hydrogens is 314 g/mol. The lowest BCUT2D eigenvalue weighted by atomic mass is 10.2. The Morgan fingerprint density at radius 2 is 1.60 bits per heavy atom.